The van der Waals surface area contributed by atoms with Crippen LogP contribution < -0.4 is 0 Å². The standard InChI is InChI=1S/C21H24N2O2S/c1-4-19(23-14-16-9-5-6-11-18(16)20(23)24)21(25)22(2)13-15-8-7-10-17(12-15)26-3/h5-12,19H,4,13-14H2,1-3H3/t19-/m1/s1. The van der Waals surface area contributed by atoms with E-state index in [-0.39, 0.29) is 11.8 Å². The number of amides is 2. The van der Waals surface area contributed by atoms with Crippen LogP contribution in [0.4, 0.5) is 0 Å². The molecule has 0 saturated heterocycles. The molecule has 0 fully saturated rings. The molecule has 0 N–H and O–H groups in total. The Kier molecular flexibility index (Phi) is 5.67. The van der Waals surface area contributed by atoms with Gasteiger partial charge in [-0.25, -0.2) is 0 Å². The maximum absolute atomic E-state index is 13.0. The van der Waals surface area contributed by atoms with Crippen molar-refractivity contribution in [1.82, 2.24) is 9.80 Å². The smallest absolute Gasteiger partial charge is 0.255 e. The zero-order valence-electron chi connectivity index (χ0n) is 15.4. The van der Waals surface area contributed by atoms with Crippen molar-refractivity contribution in [3.8, 4) is 0 Å². The number of carbonyl (C=O) groups excluding carboxylic acids is 2. The van der Waals surface area contributed by atoms with Crippen LogP contribution in [-0.4, -0.2) is 41.0 Å². The van der Waals surface area contributed by atoms with Gasteiger partial charge < -0.3 is 9.80 Å². The van der Waals surface area contributed by atoms with Crippen molar-refractivity contribution < 1.29 is 9.59 Å². The SMILES string of the molecule is CC[C@H](C(=O)N(C)Cc1cccc(SC)c1)N1Cc2ccccc2C1=O. The highest BCUT2D eigenvalue weighted by atomic mass is 32.2. The molecule has 0 aromatic heterocycles. The fraction of sp³-hybridized carbons (Fsp3) is 0.333. The van der Waals surface area contributed by atoms with Gasteiger partial charge in [0.05, 0.1) is 0 Å². The second kappa shape index (κ2) is 7.96. The number of fused-ring (bicyclic) bond motifs is 1. The van der Waals surface area contributed by atoms with E-state index in [1.165, 1.54) is 4.90 Å². The van der Waals surface area contributed by atoms with E-state index in [0.717, 1.165) is 11.1 Å². The van der Waals surface area contributed by atoms with Crippen LogP contribution in [-0.2, 0) is 17.9 Å². The topological polar surface area (TPSA) is 40.6 Å². The number of nitrogens with zero attached hydrogens (tertiary/aromatic N) is 2. The summed E-state index contributed by atoms with van der Waals surface area (Å²) in [6, 6.07) is 15.4. The molecule has 3 rings (SSSR count). The van der Waals surface area contributed by atoms with E-state index in [2.05, 4.69) is 12.1 Å². The molecule has 1 atom stereocenters. The molecule has 0 radical (unpaired) electrons. The molecular formula is C21H24N2O2S. The highest BCUT2D eigenvalue weighted by Gasteiger charge is 2.36. The van der Waals surface area contributed by atoms with Gasteiger partial charge in [-0.3, -0.25) is 9.59 Å². The summed E-state index contributed by atoms with van der Waals surface area (Å²) in [6.07, 6.45) is 2.64. The van der Waals surface area contributed by atoms with Gasteiger partial charge in [-0.1, -0.05) is 37.3 Å². The van der Waals surface area contributed by atoms with Crippen LogP contribution in [0.1, 0.15) is 34.8 Å². The maximum atomic E-state index is 13.0. The second-order valence-electron chi connectivity index (χ2n) is 6.56. The summed E-state index contributed by atoms with van der Waals surface area (Å²) in [5, 5.41) is 0. The summed E-state index contributed by atoms with van der Waals surface area (Å²) >= 11 is 1.69. The Morgan fingerprint density at radius 3 is 2.69 bits per heavy atom. The van der Waals surface area contributed by atoms with Crippen LogP contribution in [0.2, 0.25) is 0 Å². The number of hydrogen-bond donors (Lipinski definition) is 0. The zero-order chi connectivity index (χ0) is 18.7. The van der Waals surface area contributed by atoms with Crippen LogP contribution in [0.3, 0.4) is 0 Å². The van der Waals surface area contributed by atoms with Gasteiger partial charge in [-0.05, 0) is 42.0 Å². The molecule has 0 bridgehead atoms. The summed E-state index contributed by atoms with van der Waals surface area (Å²) < 4.78 is 0. The average Bonchev–Trinajstić information content (AvgIpc) is 2.99. The molecule has 136 valence electrons. The van der Waals surface area contributed by atoms with Crippen molar-refractivity contribution >= 4 is 23.6 Å². The lowest BCUT2D eigenvalue weighted by Crippen LogP contribution is -2.47. The van der Waals surface area contributed by atoms with Gasteiger partial charge in [0, 0.05) is 30.6 Å². The molecule has 0 saturated carbocycles. The number of hydrogen-bond acceptors (Lipinski definition) is 3. The predicted molar refractivity (Wildman–Crippen MR) is 105 cm³/mol. The van der Waals surface area contributed by atoms with E-state index in [0.29, 0.717) is 25.1 Å². The monoisotopic (exact) mass is 368 g/mol. The molecule has 1 aliphatic heterocycles. The Morgan fingerprint density at radius 2 is 2.00 bits per heavy atom. The van der Waals surface area contributed by atoms with Gasteiger partial charge in [-0.2, -0.15) is 0 Å². The van der Waals surface area contributed by atoms with E-state index < -0.39 is 6.04 Å². The van der Waals surface area contributed by atoms with Crippen LogP contribution in [0.25, 0.3) is 0 Å². The maximum Gasteiger partial charge on any atom is 0.255 e. The van der Waals surface area contributed by atoms with E-state index in [9.17, 15) is 9.59 Å². The summed E-state index contributed by atoms with van der Waals surface area (Å²) in [5.74, 6) is -0.0539. The summed E-state index contributed by atoms with van der Waals surface area (Å²) in [5.41, 5.74) is 2.81. The van der Waals surface area contributed by atoms with Crippen LogP contribution in [0, 0.1) is 0 Å². The van der Waals surface area contributed by atoms with Gasteiger partial charge in [0.2, 0.25) is 5.91 Å². The van der Waals surface area contributed by atoms with Crippen LogP contribution >= 0.6 is 11.8 Å². The van der Waals surface area contributed by atoms with Crippen molar-refractivity contribution in [3.63, 3.8) is 0 Å². The lowest BCUT2D eigenvalue weighted by atomic mass is 10.1. The Bertz CT molecular complexity index is 821. The molecule has 0 spiro atoms. The highest BCUT2D eigenvalue weighted by molar-refractivity contribution is 7.98. The molecular weight excluding hydrogens is 344 g/mol. The van der Waals surface area contributed by atoms with Crippen LogP contribution in [0.15, 0.2) is 53.4 Å². The number of likely N-dealkylation sites (N-methyl/N-ethyl adjacent to an activating group) is 1. The average molecular weight is 369 g/mol. The van der Waals surface area contributed by atoms with Gasteiger partial charge in [0.1, 0.15) is 6.04 Å². The first kappa shape index (κ1) is 18.5. The number of benzene rings is 2. The van der Waals surface area contributed by atoms with Gasteiger partial charge in [-0.15, -0.1) is 11.8 Å². The summed E-state index contributed by atoms with van der Waals surface area (Å²) in [7, 11) is 1.81. The molecule has 4 nitrogen and oxygen atoms in total. The summed E-state index contributed by atoms with van der Waals surface area (Å²) in [4.78, 5) is 30.4. The molecule has 2 amide bonds. The third-order valence-electron chi connectivity index (χ3n) is 4.83. The molecule has 2 aromatic rings. The van der Waals surface area contributed by atoms with E-state index in [4.69, 9.17) is 0 Å². The lowest BCUT2D eigenvalue weighted by molar-refractivity contribution is -0.135. The third-order valence-corrected chi connectivity index (χ3v) is 5.55. The Labute approximate surface area is 159 Å². The van der Waals surface area contributed by atoms with Gasteiger partial charge in [0.25, 0.3) is 5.91 Å². The van der Waals surface area contributed by atoms with Crippen molar-refractivity contribution in [2.75, 3.05) is 13.3 Å². The lowest BCUT2D eigenvalue weighted by Gasteiger charge is -2.30. The zero-order valence-corrected chi connectivity index (χ0v) is 16.3. The predicted octanol–water partition coefficient (Wildman–Crippen LogP) is 3.80. The minimum absolute atomic E-state index is 0.0109. The quantitative estimate of drug-likeness (QED) is 0.728. The highest BCUT2D eigenvalue weighted by Crippen LogP contribution is 2.26. The van der Waals surface area contributed by atoms with E-state index in [1.54, 1.807) is 21.6 Å². The summed E-state index contributed by atoms with van der Waals surface area (Å²) in [6.45, 7) is 3.01. The Hall–Kier alpha value is -2.27. The molecule has 1 aliphatic rings. The molecule has 26 heavy (non-hydrogen) atoms. The molecule has 5 heteroatoms. The molecule has 0 unspecified atom stereocenters. The molecule has 1 heterocycles. The van der Waals surface area contributed by atoms with Gasteiger partial charge in [0.15, 0.2) is 0 Å². The first-order chi connectivity index (χ1) is 12.5. The third kappa shape index (κ3) is 3.63. The minimum atomic E-state index is -0.427. The van der Waals surface area contributed by atoms with E-state index in [1.807, 2.05) is 56.6 Å². The molecule has 2 aromatic carbocycles. The first-order valence-corrected chi connectivity index (χ1v) is 10.0. The fourth-order valence-electron chi connectivity index (χ4n) is 3.43. The first-order valence-electron chi connectivity index (χ1n) is 8.82. The number of thioether (sulfide) groups is 1. The van der Waals surface area contributed by atoms with Crippen molar-refractivity contribution in [2.45, 2.75) is 37.4 Å². The second-order valence-corrected chi connectivity index (χ2v) is 7.44. The van der Waals surface area contributed by atoms with E-state index >= 15 is 0 Å². The number of carbonyl (C=O) groups is 2. The van der Waals surface area contributed by atoms with Crippen LogP contribution in [0.5, 0.6) is 0 Å². The Morgan fingerprint density at radius 1 is 1.23 bits per heavy atom. The van der Waals surface area contributed by atoms with Crippen molar-refractivity contribution in [1.29, 1.82) is 0 Å². The Balaban J connectivity index is 1.74. The van der Waals surface area contributed by atoms with Crippen molar-refractivity contribution in [2.24, 2.45) is 0 Å². The fourth-order valence-corrected chi connectivity index (χ4v) is 3.92. The van der Waals surface area contributed by atoms with Crippen molar-refractivity contribution in [3.05, 3.63) is 65.2 Å². The largest absolute Gasteiger partial charge is 0.340 e. The molecule has 0 aliphatic carbocycles. The number of rotatable bonds is 6. The minimum Gasteiger partial charge on any atom is -0.340 e. The normalized spacial score (nSPS) is 14.3. The van der Waals surface area contributed by atoms with Gasteiger partial charge >= 0.3 is 0 Å².